The van der Waals surface area contributed by atoms with Gasteiger partial charge in [0.1, 0.15) is 22.7 Å². The van der Waals surface area contributed by atoms with Gasteiger partial charge in [-0.3, -0.25) is 24.3 Å². The van der Waals surface area contributed by atoms with Crippen LogP contribution in [0.4, 0.5) is 11.4 Å². The van der Waals surface area contributed by atoms with Crippen molar-refractivity contribution < 1.29 is 45.4 Å². The monoisotopic (exact) mass is 1500 g/mol. The number of hydrogen-bond acceptors (Lipinski definition) is 15. The molecule has 0 radical (unpaired) electrons. The molecule has 104 heavy (non-hydrogen) atoms. The summed E-state index contributed by atoms with van der Waals surface area (Å²) in [6, 6.07) is 24.0. The van der Waals surface area contributed by atoms with E-state index in [1.807, 2.05) is 64.5 Å². The van der Waals surface area contributed by atoms with Gasteiger partial charge in [-0.15, -0.1) is 0 Å². The van der Waals surface area contributed by atoms with Gasteiger partial charge in [-0.1, -0.05) is 86.3 Å². The van der Waals surface area contributed by atoms with Gasteiger partial charge in [0.05, 0.1) is 35.1 Å². The fourth-order valence-electron chi connectivity index (χ4n) is 21.2. The number of piperazine rings is 1. The molecule has 5 aliphatic carbocycles. The van der Waals surface area contributed by atoms with E-state index in [0.29, 0.717) is 61.0 Å². The van der Waals surface area contributed by atoms with Crippen LogP contribution >= 0.6 is 23.2 Å². The highest BCUT2D eigenvalue weighted by Crippen LogP contribution is 2.53. The van der Waals surface area contributed by atoms with Gasteiger partial charge in [0.2, 0.25) is 20.0 Å². The van der Waals surface area contributed by atoms with E-state index >= 15 is 0 Å². The molecule has 3 saturated carbocycles. The minimum Gasteiger partial charge on any atom is -0.490 e. The van der Waals surface area contributed by atoms with Gasteiger partial charge >= 0.3 is 0 Å². The second kappa shape index (κ2) is 30.0. The van der Waals surface area contributed by atoms with Gasteiger partial charge in [-0.05, 0) is 260 Å². The molecule has 4 aromatic rings. The Morgan fingerprint density at radius 1 is 0.519 bits per heavy atom. The van der Waals surface area contributed by atoms with Crippen LogP contribution in [0.1, 0.15) is 173 Å². The zero-order chi connectivity index (χ0) is 72.5. The standard InChI is InChI=1S/C42H56ClN3O5S.C41H55ClN4O5S/c1-28-7-5-19-42(50-3,26-45-20-17-30-8-4-9-33(30)23-45)37-14-11-34(37)24-46-25-41(18-6-10-31-21-35(43)13-15-36(31)41)27-51-39-16-12-32(22-38(39)46)40(47)44-52(48,49)29(28)2;1-28-7-4-17-41(50-3,26-44-19-20-45-18-6-9-34(45)24-44)36-13-10-32(36)23-46-25-40(16-5-8-30-21-33(42)12-14-35(30)40)27-51-38-15-11-31(22-37(38)46)39(47)43-52(48,49)29(28)2/h5,12-13,15-16,19,21-22,28-30,33-34,37H,4,6-11,14,17-18,20,23-27H2,1-3H3,(H,44,47);4,11-12,14-15,17,21-22,28-29,32,34,36H,5-10,13,16,18-20,23-27H2,1-3H3,(H,43,47)/b19-5+;17-4+/t28-,29+,30?,33-,34-,37+,41-,42-;28-,29+,32-,34+,36+,40-,41-/m00/s1. The number of hydrogen-bond donors (Lipinski definition) is 2. The number of carbonyl (C=O) groups excluding carboxylic acids is 2. The SMILES string of the molecule is CO[C@]1(CN2CCC3CCC[C@H]3C2)/C=C/C[C@H](C)[C@@H](C)S(=O)(=O)NC(=O)c2ccc3c(c2)N(C[C@@H]2CC[C@H]21)C[C@@]1(CCCc2cc(Cl)ccc21)CO3.CO[C@]1(CN2CCN3CCC[C@@H]3C2)/C=C/C[C@H](C)[C@@H](C)S(=O)(=O)NC(=O)c2ccc3c(c2)N(C[C@@H]2CC[C@H]21)C[C@@]1(CCCc2cc(Cl)ccc21)CO3. The van der Waals surface area contributed by atoms with Gasteiger partial charge in [0.25, 0.3) is 11.8 Å². The summed E-state index contributed by atoms with van der Waals surface area (Å²) in [7, 11) is -4.13. The van der Waals surface area contributed by atoms with Crippen molar-refractivity contribution in [1.82, 2.24) is 24.1 Å². The van der Waals surface area contributed by atoms with Crippen LogP contribution < -0.4 is 28.7 Å². The summed E-state index contributed by atoms with van der Waals surface area (Å²) >= 11 is 13.0. The van der Waals surface area contributed by atoms with Gasteiger partial charge < -0.3 is 28.7 Å². The van der Waals surface area contributed by atoms with Crippen molar-refractivity contribution >= 4 is 66.4 Å². The van der Waals surface area contributed by atoms with Crippen LogP contribution in [0.25, 0.3) is 0 Å². The lowest BCUT2D eigenvalue weighted by Crippen LogP contribution is -2.60. The van der Waals surface area contributed by atoms with Crippen molar-refractivity contribution in [2.24, 2.45) is 47.3 Å². The topological polar surface area (TPSA) is 180 Å². The average Bonchev–Trinajstić information content (AvgIpc) is 1.41. The van der Waals surface area contributed by atoms with Gasteiger partial charge in [0.15, 0.2) is 0 Å². The van der Waals surface area contributed by atoms with E-state index in [9.17, 15) is 26.4 Å². The van der Waals surface area contributed by atoms with Crippen molar-refractivity contribution in [3.05, 3.63) is 141 Å². The van der Waals surface area contributed by atoms with E-state index in [0.717, 1.165) is 181 Å². The number of fused-ring (bicyclic) bond motifs is 10. The Morgan fingerprint density at radius 2 is 1.02 bits per heavy atom. The molecule has 2 spiro atoms. The van der Waals surface area contributed by atoms with Crippen LogP contribution in [0.5, 0.6) is 11.5 Å². The number of benzene rings is 4. The number of carbonyl (C=O) groups is 2. The van der Waals surface area contributed by atoms with Crippen molar-refractivity contribution in [3.8, 4) is 11.5 Å². The maximum atomic E-state index is 13.7. The fourth-order valence-corrected chi connectivity index (χ4v) is 24.1. The summed E-state index contributed by atoms with van der Waals surface area (Å²) in [4.78, 5) is 40.2. The third-order valence-electron chi connectivity index (χ3n) is 28.0. The zero-order valence-electron chi connectivity index (χ0n) is 62.1. The molecular formula is C83H111Cl2N7O10S2. The van der Waals surface area contributed by atoms with Crippen LogP contribution in [0.2, 0.25) is 10.0 Å². The lowest BCUT2D eigenvalue weighted by Gasteiger charge is -2.52. The number of piperidine rings is 1. The number of halogens is 2. The van der Waals surface area contributed by atoms with E-state index in [2.05, 4.69) is 82.5 Å². The van der Waals surface area contributed by atoms with E-state index in [1.54, 1.807) is 26.0 Å². The Kier molecular flexibility index (Phi) is 21.4. The highest BCUT2D eigenvalue weighted by molar-refractivity contribution is 7.91. The van der Waals surface area contributed by atoms with Crippen molar-refractivity contribution in [2.45, 2.75) is 182 Å². The molecular weight excluding hydrogens is 1390 g/mol. The lowest BCUT2D eigenvalue weighted by molar-refractivity contribution is -0.0974. The number of amides is 2. The molecule has 6 fully saturated rings. The predicted molar refractivity (Wildman–Crippen MR) is 413 cm³/mol. The molecule has 21 heteroatoms. The zero-order valence-corrected chi connectivity index (χ0v) is 65.3. The van der Waals surface area contributed by atoms with Crippen LogP contribution in [-0.2, 0) is 53.2 Å². The second-order valence-electron chi connectivity index (χ2n) is 33.9. The fraction of sp³-hybridized carbons (Fsp3) is 0.639. The normalized spacial score (nSPS) is 36.2. The maximum absolute atomic E-state index is 13.7. The average molecular weight is 1500 g/mol. The summed E-state index contributed by atoms with van der Waals surface area (Å²) in [6.45, 7) is 19.7. The highest BCUT2D eigenvalue weighted by Gasteiger charge is 2.53. The first-order chi connectivity index (χ1) is 50.0. The van der Waals surface area contributed by atoms with Crippen LogP contribution in [0.3, 0.4) is 0 Å². The van der Waals surface area contributed by atoms with Crippen LogP contribution in [0, 0.1) is 47.3 Å². The number of anilines is 2. The molecule has 17 nitrogen and oxygen atoms in total. The first-order valence-electron chi connectivity index (χ1n) is 39.4. The number of aryl methyl sites for hydroxylation is 2. The van der Waals surface area contributed by atoms with Crippen LogP contribution in [-0.4, -0.2) is 177 Å². The number of rotatable bonds is 6. The Bertz CT molecular complexity index is 3900. The molecule has 1 unspecified atom stereocenters. The number of likely N-dealkylation sites (tertiary alicyclic amines) is 1. The maximum Gasteiger partial charge on any atom is 0.264 e. The largest absolute Gasteiger partial charge is 0.490 e. The Labute approximate surface area is 628 Å². The molecule has 4 bridgehead atoms. The number of ether oxygens (including phenoxy) is 4. The van der Waals surface area contributed by atoms with Gasteiger partial charge in [0, 0.05) is 118 Å². The van der Waals surface area contributed by atoms with E-state index < -0.39 is 53.6 Å². The molecule has 15 atom stereocenters. The molecule has 7 heterocycles. The first kappa shape index (κ1) is 74.3. The molecule has 2 N–H and O–H groups in total. The molecule has 0 aromatic heterocycles. The quantitative estimate of drug-likeness (QED) is 0.174. The van der Waals surface area contributed by atoms with E-state index in [4.69, 9.17) is 42.1 Å². The summed E-state index contributed by atoms with van der Waals surface area (Å²) in [5, 5.41) is -0.0163. The molecule has 4 aromatic carbocycles. The Morgan fingerprint density at radius 3 is 1.51 bits per heavy atom. The van der Waals surface area contributed by atoms with Crippen molar-refractivity contribution in [1.29, 1.82) is 0 Å². The summed E-state index contributed by atoms with van der Waals surface area (Å²) in [5.74, 6) is 2.80. The first-order valence-corrected chi connectivity index (χ1v) is 43.2. The number of sulfonamides is 2. The number of nitrogens with one attached hydrogen (secondary N) is 2. The molecule has 12 aliphatic rings. The number of allylic oxidation sites excluding steroid dienone is 2. The molecule has 2 amide bonds. The molecule has 16 rings (SSSR count). The highest BCUT2D eigenvalue weighted by atomic mass is 35.5. The predicted octanol–water partition coefficient (Wildman–Crippen LogP) is 13.4. The molecule has 3 saturated heterocycles. The Hall–Kier alpha value is -5.22. The molecule has 564 valence electrons. The minimum absolute atomic E-state index is 0.198. The van der Waals surface area contributed by atoms with Crippen molar-refractivity contribution in [2.75, 3.05) is 116 Å². The summed E-state index contributed by atoms with van der Waals surface area (Å²) in [5.41, 5.74) is 5.99. The Balaban J connectivity index is 0.000000167. The summed E-state index contributed by atoms with van der Waals surface area (Å²) in [6.07, 6.45) is 28.3. The summed E-state index contributed by atoms with van der Waals surface area (Å²) < 4.78 is 86.2. The number of nitrogens with zero attached hydrogens (tertiary/aromatic N) is 5. The van der Waals surface area contributed by atoms with Crippen LogP contribution in [0.15, 0.2) is 97.1 Å². The van der Waals surface area contributed by atoms with E-state index in [1.165, 1.54) is 67.3 Å². The van der Waals surface area contributed by atoms with Gasteiger partial charge in [-0.25, -0.2) is 26.3 Å². The third-order valence-corrected chi connectivity index (χ3v) is 32.3. The molecule has 7 aliphatic heterocycles. The van der Waals surface area contributed by atoms with Gasteiger partial charge in [-0.2, -0.15) is 0 Å². The second-order valence-corrected chi connectivity index (χ2v) is 38.9. The van der Waals surface area contributed by atoms with E-state index in [-0.39, 0.29) is 28.6 Å². The lowest BCUT2D eigenvalue weighted by atomic mass is 9.63. The van der Waals surface area contributed by atoms with Crippen molar-refractivity contribution in [3.63, 3.8) is 0 Å². The smallest absolute Gasteiger partial charge is 0.264 e. The third kappa shape index (κ3) is 14.6. The minimum atomic E-state index is -3.94. The number of methoxy groups -OCH3 is 2.